The van der Waals surface area contributed by atoms with Crippen LogP contribution >= 0.6 is 0 Å². The predicted octanol–water partition coefficient (Wildman–Crippen LogP) is 2.60. The SMILES string of the molecule is Cc1cc(-c2ccc(F)c(F)c2)nc(C#N)n1. The Kier molecular flexibility index (Phi) is 2.79. The van der Waals surface area contributed by atoms with E-state index in [2.05, 4.69) is 9.97 Å². The zero-order valence-electron chi connectivity index (χ0n) is 8.91. The molecular formula is C12H7F2N3. The number of nitriles is 1. The lowest BCUT2D eigenvalue weighted by Crippen LogP contribution is -1.95. The zero-order valence-corrected chi connectivity index (χ0v) is 8.91. The largest absolute Gasteiger partial charge is 0.232 e. The fraction of sp³-hybridized carbons (Fsp3) is 0.0833. The van der Waals surface area contributed by atoms with Crippen LogP contribution in [0.15, 0.2) is 24.3 Å². The molecule has 0 saturated heterocycles. The van der Waals surface area contributed by atoms with Crippen molar-refractivity contribution in [1.82, 2.24) is 9.97 Å². The van der Waals surface area contributed by atoms with E-state index in [0.29, 0.717) is 17.0 Å². The zero-order chi connectivity index (χ0) is 12.4. The molecule has 1 heterocycles. The van der Waals surface area contributed by atoms with Crippen molar-refractivity contribution in [1.29, 1.82) is 5.26 Å². The third-order valence-corrected chi connectivity index (χ3v) is 2.17. The van der Waals surface area contributed by atoms with Crippen LogP contribution in [0.4, 0.5) is 8.78 Å². The van der Waals surface area contributed by atoms with E-state index in [0.717, 1.165) is 12.1 Å². The van der Waals surface area contributed by atoms with Crippen molar-refractivity contribution in [3.63, 3.8) is 0 Å². The van der Waals surface area contributed by atoms with Crippen LogP contribution in [0.2, 0.25) is 0 Å². The number of halogens is 2. The molecule has 17 heavy (non-hydrogen) atoms. The summed E-state index contributed by atoms with van der Waals surface area (Å²) in [4.78, 5) is 7.81. The molecular weight excluding hydrogens is 224 g/mol. The summed E-state index contributed by atoms with van der Waals surface area (Å²) in [7, 11) is 0. The van der Waals surface area contributed by atoms with Gasteiger partial charge in [0, 0.05) is 11.3 Å². The molecule has 0 atom stereocenters. The number of aryl methyl sites for hydroxylation is 1. The van der Waals surface area contributed by atoms with Gasteiger partial charge in [-0.15, -0.1) is 0 Å². The van der Waals surface area contributed by atoms with Gasteiger partial charge in [0.1, 0.15) is 6.07 Å². The molecule has 0 aliphatic heterocycles. The lowest BCUT2D eigenvalue weighted by atomic mass is 10.1. The lowest BCUT2D eigenvalue weighted by Gasteiger charge is -2.03. The summed E-state index contributed by atoms with van der Waals surface area (Å²) in [5.41, 5.74) is 1.40. The van der Waals surface area contributed by atoms with E-state index in [-0.39, 0.29) is 5.82 Å². The molecule has 0 unspecified atom stereocenters. The smallest absolute Gasteiger partial charge is 0.224 e. The fourth-order valence-corrected chi connectivity index (χ4v) is 1.42. The maximum Gasteiger partial charge on any atom is 0.232 e. The van der Waals surface area contributed by atoms with Crippen molar-refractivity contribution in [2.45, 2.75) is 6.92 Å². The molecule has 1 aromatic carbocycles. The van der Waals surface area contributed by atoms with Gasteiger partial charge in [-0.1, -0.05) is 0 Å². The first-order valence-corrected chi connectivity index (χ1v) is 4.81. The molecule has 0 N–H and O–H groups in total. The van der Waals surface area contributed by atoms with Crippen molar-refractivity contribution >= 4 is 0 Å². The van der Waals surface area contributed by atoms with E-state index in [1.807, 2.05) is 6.07 Å². The number of nitrogens with zero attached hydrogens (tertiary/aromatic N) is 3. The van der Waals surface area contributed by atoms with Gasteiger partial charge in [0.15, 0.2) is 11.6 Å². The minimum Gasteiger partial charge on any atom is -0.224 e. The Bertz CT molecular complexity index is 618. The lowest BCUT2D eigenvalue weighted by molar-refractivity contribution is 0.509. The first-order chi connectivity index (χ1) is 8.10. The van der Waals surface area contributed by atoms with Crippen molar-refractivity contribution in [3.8, 4) is 17.3 Å². The normalized spacial score (nSPS) is 10.0. The Morgan fingerprint density at radius 3 is 2.53 bits per heavy atom. The average Bonchev–Trinajstić information content (AvgIpc) is 2.32. The molecule has 5 heteroatoms. The highest BCUT2D eigenvalue weighted by Crippen LogP contribution is 2.20. The van der Waals surface area contributed by atoms with Gasteiger partial charge in [0.25, 0.3) is 0 Å². The summed E-state index contributed by atoms with van der Waals surface area (Å²) in [6, 6.07) is 6.88. The summed E-state index contributed by atoms with van der Waals surface area (Å²) in [6.07, 6.45) is 0. The molecule has 0 aliphatic carbocycles. The highest BCUT2D eigenvalue weighted by atomic mass is 19.2. The maximum absolute atomic E-state index is 13.1. The summed E-state index contributed by atoms with van der Waals surface area (Å²) in [5, 5.41) is 8.72. The van der Waals surface area contributed by atoms with Crippen LogP contribution in [0.5, 0.6) is 0 Å². The third-order valence-electron chi connectivity index (χ3n) is 2.17. The van der Waals surface area contributed by atoms with Gasteiger partial charge < -0.3 is 0 Å². The summed E-state index contributed by atoms with van der Waals surface area (Å²) in [5.74, 6) is -1.86. The number of aromatic nitrogens is 2. The van der Waals surface area contributed by atoms with Crippen LogP contribution in [0.1, 0.15) is 11.5 Å². The number of hydrogen-bond acceptors (Lipinski definition) is 3. The van der Waals surface area contributed by atoms with Crippen molar-refractivity contribution < 1.29 is 8.78 Å². The monoisotopic (exact) mass is 231 g/mol. The minimum atomic E-state index is -0.947. The predicted molar refractivity (Wildman–Crippen MR) is 56.8 cm³/mol. The van der Waals surface area contributed by atoms with Crippen LogP contribution < -0.4 is 0 Å². The van der Waals surface area contributed by atoms with Crippen molar-refractivity contribution in [3.05, 3.63) is 47.4 Å². The molecule has 0 amide bonds. The average molecular weight is 231 g/mol. The van der Waals surface area contributed by atoms with Gasteiger partial charge in [-0.2, -0.15) is 5.26 Å². The number of rotatable bonds is 1. The van der Waals surface area contributed by atoms with Crippen LogP contribution in [-0.4, -0.2) is 9.97 Å². The Morgan fingerprint density at radius 2 is 1.88 bits per heavy atom. The maximum atomic E-state index is 13.1. The van der Waals surface area contributed by atoms with E-state index < -0.39 is 11.6 Å². The topological polar surface area (TPSA) is 49.6 Å². The van der Waals surface area contributed by atoms with Gasteiger partial charge in [-0.3, -0.25) is 0 Å². The summed E-state index contributed by atoms with van der Waals surface area (Å²) < 4.78 is 25.8. The fourth-order valence-electron chi connectivity index (χ4n) is 1.42. The molecule has 0 fully saturated rings. The molecule has 0 saturated carbocycles. The molecule has 0 bridgehead atoms. The van der Waals surface area contributed by atoms with E-state index in [9.17, 15) is 8.78 Å². The first kappa shape index (κ1) is 11.1. The second kappa shape index (κ2) is 4.26. The van der Waals surface area contributed by atoms with Crippen molar-refractivity contribution in [2.24, 2.45) is 0 Å². The van der Waals surface area contributed by atoms with Gasteiger partial charge in [-0.05, 0) is 31.2 Å². The van der Waals surface area contributed by atoms with Crippen LogP contribution in [0.25, 0.3) is 11.3 Å². The second-order valence-corrected chi connectivity index (χ2v) is 3.46. The number of benzene rings is 1. The van der Waals surface area contributed by atoms with Gasteiger partial charge in [-0.25, -0.2) is 18.7 Å². The van der Waals surface area contributed by atoms with Gasteiger partial charge in [0.2, 0.25) is 5.82 Å². The van der Waals surface area contributed by atoms with E-state index in [1.165, 1.54) is 6.07 Å². The standard InChI is InChI=1S/C12H7F2N3/c1-7-4-11(17-12(6-15)16-7)8-2-3-9(13)10(14)5-8/h2-5H,1H3. The molecule has 2 rings (SSSR count). The molecule has 1 aromatic heterocycles. The molecule has 3 nitrogen and oxygen atoms in total. The molecule has 0 radical (unpaired) electrons. The Morgan fingerprint density at radius 1 is 1.12 bits per heavy atom. The van der Waals surface area contributed by atoms with E-state index in [1.54, 1.807) is 13.0 Å². The highest BCUT2D eigenvalue weighted by Gasteiger charge is 2.07. The molecule has 84 valence electrons. The van der Waals surface area contributed by atoms with E-state index >= 15 is 0 Å². The second-order valence-electron chi connectivity index (χ2n) is 3.46. The first-order valence-electron chi connectivity index (χ1n) is 4.81. The van der Waals surface area contributed by atoms with Gasteiger partial charge in [0.05, 0.1) is 5.69 Å². The van der Waals surface area contributed by atoms with Crippen LogP contribution in [-0.2, 0) is 0 Å². The summed E-state index contributed by atoms with van der Waals surface area (Å²) in [6.45, 7) is 1.70. The quantitative estimate of drug-likeness (QED) is 0.757. The Labute approximate surface area is 96.4 Å². The summed E-state index contributed by atoms with van der Waals surface area (Å²) >= 11 is 0. The highest BCUT2D eigenvalue weighted by molar-refractivity contribution is 5.59. The molecule has 0 aliphatic rings. The molecule has 0 spiro atoms. The minimum absolute atomic E-state index is 0.00438. The third kappa shape index (κ3) is 2.26. The van der Waals surface area contributed by atoms with Crippen molar-refractivity contribution in [2.75, 3.05) is 0 Å². The Hall–Kier alpha value is -2.35. The number of hydrogen-bond donors (Lipinski definition) is 0. The van der Waals surface area contributed by atoms with Crippen LogP contribution in [0, 0.1) is 29.9 Å². The van der Waals surface area contributed by atoms with Gasteiger partial charge >= 0.3 is 0 Å². The molecule has 2 aromatic rings. The Balaban J connectivity index is 2.56. The van der Waals surface area contributed by atoms with E-state index in [4.69, 9.17) is 5.26 Å². The van der Waals surface area contributed by atoms with Crippen LogP contribution in [0.3, 0.4) is 0 Å².